The van der Waals surface area contributed by atoms with Gasteiger partial charge >= 0.3 is 6.18 Å². The molecule has 1 N–H and O–H groups in total. The van der Waals surface area contributed by atoms with Crippen LogP contribution in [-0.4, -0.2) is 39.4 Å². The van der Waals surface area contributed by atoms with Crippen LogP contribution in [0.3, 0.4) is 0 Å². The van der Waals surface area contributed by atoms with Crippen molar-refractivity contribution in [2.24, 2.45) is 0 Å². The molecule has 0 bridgehead atoms. The number of halogens is 3. The van der Waals surface area contributed by atoms with Gasteiger partial charge in [0.25, 0.3) is 0 Å². The molecule has 0 saturated carbocycles. The maximum atomic E-state index is 13.2. The minimum absolute atomic E-state index is 0.0937. The maximum absolute atomic E-state index is 13.2. The molecule has 4 aromatic rings. The molecular weight excluding hydrogens is 469 g/mol. The summed E-state index contributed by atoms with van der Waals surface area (Å²) in [6.07, 6.45) is -4.18. The largest absolute Gasteiger partial charge is 0.418 e. The zero-order valence-electron chi connectivity index (χ0n) is 19.6. The van der Waals surface area contributed by atoms with Gasteiger partial charge in [-0.2, -0.15) is 13.2 Å². The minimum atomic E-state index is -4.60. The van der Waals surface area contributed by atoms with Crippen molar-refractivity contribution < 1.29 is 22.8 Å². The lowest BCUT2D eigenvalue weighted by molar-refractivity contribution is -0.137. The number of fused-ring (bicyclic) bond motifs is 1. The van der Waals surface area contributed by atoms with Crippen molar-refractivity contribution in [1.82, 2.24) is 14.5 Å². The second-order valence-electron chi connectivity index (χ2n) is 8.19. The first-order valence-electron chi connectivity index (χ1n) is 11.5. The molecule has 1 heterocycles. The van der Waals surface area contributed by atoms with Crippen LogP contribution in [0.4, 0.5) is 18.9 Å². The zero-order valence-corrected chi connectivity index (χ0v) is 19.6. The number of carbonyl (C=O) groups excluding carboxylic acids is 2. The molecule has 0 fully saturated rings. The highest BCUT2D eigenvalue weighted by Crippen LogP contribution is 2.34. The zero-order chi connectivity index (χ0) is 25.7. The average Bonchev–Trinajstić information content (AvgIpc) is 3.24. The number of aryl methyl sites for hydroxylation is 1. The quantitative estimate of drug-likeness (QED) is 0.354. The number of likely N-dealkylation sites (N-methyl/N-ethyl adjacent to an activating group) is 1. The van der Waals surface area contributed by atoms with E-state index in [1.807, 2.05) is 59.2 Å². The predicted octanol–water partition coefficient (Wildman–Crippen LogP) is 5.46. The molecule has 0 radical (unpaired) electrons. The lowest BCUT2D eigenvalue weighted by Crippen LogP contribution is -2.38. The summed E-state index contributed by atoms with van der Waals surface area (Å²) in [6, 6.07) is 22.1. The Hall–Kier alpha value is -4.14. The summed E-state index contributed by atoms with van der Waals surface area (Å²) >= 11 is 0. The molecule has 0 spiro atoms. The second-order valence-corrected chi connectivity index (χ2v) is 8.19. The van der Waals surface area contributed by atoms with E-state index in [9.17, 15) is 22.8 Å². The third kappa shape index (κ3) is 5.56. The number of benzene rings is 3. The second kappa shape index (κ2) is 10.6. The predicted molar refractivity (Wildman–Crippen MR) is 132 cm³/mol. The highest BCUT2D eigenvalue weighted by Gasteiger charge is 2.33. The number of rotatable bonds is 8. The molecule has 0 saturated heterocycles. The average molecular weight is 495 g/mol. The summed E-state index contributed by atoms with van der Waals surface area (Å²) in [7, 11) is 0. The van der Waals surface area contributed by atoms with Gasteiger partial charge in [0.05, 0.1) is 28.8 Å². The van der Waals surface area contributed by atoms with Crippen LogP contribution in [0.25, 0.3) is 16.7 Å². The van der Waals surface area contributed by atoms with E-state index in [0.717, 1.165) is 22.8 Å². The molecule has 0 aliphatic carbocycles. The van der Waals surface area contributed by atoms with Crippen LogP contribution in [0.1, 0.15) is 24.7 Å². The first-order chi connectivity index (χ1) is 17.3. The first-order valence-corrected chi connectivity index (χ1v) is 11.5. The third-order valence-corrected chi connectivity index (χ3v) is 5.78. The SMILES string of the molecule is CCN(CC(=O)Nc1ccccc1C(F)(F)F)C(=O)CCc1nc2ccccc2n1-c1ccccc1. The highest BCUT2D eigenvalue weighted by atomic mass is 19.4. The van der Waals surface area contributed by atoms with Crippen LogP contribution in [-0.2, 0) is 22.2 Å². The van der Waals surface area contributed by atoms with E-state index in [1.165, 1.54) is 23.1 Å². The van der Waals surface area contributed by atoms with Crippen LogP contribution in [0.2, 0.25) is 0 Å². The molecule has 0 unspecified atom stereocenters. The molecule has 186 valence electrons. The summed E-state index contributed by atoms with van der Waals surface area (Å²) in [6.45, 7) is 1.60. The summed E-state index contributed by atoms with van der Waals surface area (Å²) < 4.78 is 41.7. The fourth-order valence-corrected chi connectivity index (χ4v) is 4.06. The number of carbonyl (C=O) groups is 2. The molecule has 1 aromatic heterocycles. The molecule has 6 nitrogen and oxygen atoms in total. The Morgan fingerprint density at radius 1 is 0.944 bits per heavy atom. The summed E-state index contributed by atoms with van der Waals surface area (Å²) in [5.74, 6) is -0.280. The van der Waals surface area contributed by atoms with Gasteiger partial charge in [-0.15, -0.1) is 0 Å². The van der Waals surface area contributed by atoms with Gasteiger partial charge in [0.1, 0.15) is 5.82 Å². The van der Waals surface area contributed by atoms with E-state index in [0.29, 0.717) is 12.2 Å². The van der Waals surface area contributed by atoms with E-state index < -0.39 is 17.6 Å². The van der Waals surface area contributed by atoms with Gasteiger partial charge in [-0.05, 0) is 43.3 Å². The van der Waals surface area contributed by atoms with Gasteiger partial charge in [-0.3, -0.25) is 14.2 Å². The van der Waals surface area contributed by atoms with Gasteiger partial charge in [0.2, 0.25) is 11.8 Å². The van der Waals surface area contributed by atoms with E-state index in [2.05, 4.69) is 5.32 Å². The van der Waals surface area contributed by atoms with Gasteiger partial charge < -0.3 is 10.2 Å². The van der Waals surface area contributed by atoms with E-state index in [-0.39, 0.29) is 31.1 Å². The van der Waals surface area contributed by atoms with Crippen LogP contribution in [0, 0.1) is 0 Å². The summed E-state index contributed by atoms with van der Waals surface area (Å²) in [5.41, 5.74) is 1.37. The number of imidazole rings is 1. The molecule has 0 aliphatic heterocycles. The van der Waals surface area contributed by atoms with Crippen molar-refractivity contribution in [2.75, 3.05) is 18.4 Å². The molecular formula is C27H25F3N4O2. The first kappa shape index (κ1) is 25.0. The van der Waals surface area contributed by atoms with E-state index in [4.69, 9.17) is 4.98 Å². The van der Waals surface area contributed by atoms with E-state index in [1.54, 1.807) is 6.92 Å². The fraction of sp³-hybridized carbons (Fsp3) is 0.222. The van der Waals surface area contributed by atoms with E-state index >= 15 is 0 Å². The lowest BCUT2D eigenvalue weighted by atomic mass is 10.1. The summed E-state index contributed by atoms with van der Waals surface area (Å²) in [5, 5.41) is 2.29. The number of hydrogen-bond acceptors (Lipinski definition) is 3. The minimum Gasteiger partial charge on any atom is -0.334 e. The standard InChI is InChI=1S/C27H25F3N4O2/c1-2-33(18-25(35)32-21-13-7-6-12-20(21)27(28,29)30)26(36)17-16-24-31-22-14-8-9-15-23(22)34(24)19-10-4-3-5-11-19/h3-15H,2,16-18H2,1H3,(H,32,35). The number of para-hydroxylation sites is 4. The summed E-state index contributed by atoms with van der Waals surface area (Å²) in [4.78, 5) is 31.5. The highest BCUT2D eigenvalue weighted by molar-refractivity contribution is 5.95. The fourth-order valence-electron chi connectivity index (χ4n) is 4.06. The Morgan fingerprint density at radius 3 is 2.33 bits per heavy atom. The number of aromatic nitrogens is 2. The number of alkyl halides is 3. The molecule has 4 rings (SSSR count). The van der Waals surface area contributed by atoms with Gasteiger partial charge in [0.15, 0.2) is 0 Å². The molecule has 0 aliphatic rings. The van der Waals surface area contributed by atoms with Gasteiger partial charge in [-0.1, -0.05) is 42.5 Å². The lowest BCUT2D eigenvalue weighted by Gasteiger charge is -2.21. The number of amides is 2. The van der Waals surface area contributed by atoms with Crippen LogP contribution < -0.4 is 5.32 Å². The van der Waals surface area contributed by atoms with Gasteiger partial charge in [-0.25, -0.2) is 4.98 Å². The number of anilines is 1. The smallest absolute Gasteiger partial charge is 0.334 e. The van der Waals surface area contributed by atoms with Gasteiger partial charge in [0, 0.05) is 25.1 Å². The molecule has 3 aromatic carbocycles. The Balaban J connectivity index is 1.46. The Morgan fingerprint density at radius 2 is 1.61 bits per heavy atom. The molecule has 9 heteroatoms. The van der Waals surface area contributed by atoms with Crippen molar-refractivity contribution in [3.05, 3.63) is 90.3 Å². The van der Waals surface area contributed by atoms with Crippen LogP contribution in [0.5, 0.6) is 0 Å². The van der Waals surface area contributed by atoms with Crippen LogP contribution in [0.15, 0.2) is 78.9 Å². The molecule has 0 atom stereocenters. The normalized spacial score (nSPS) is 11.4. The van der Waals surface area contributed by atoms with Crippen molar-refractivity contribution in [3.8, 4) is 5.69 Å². The monoisotopic (exact) mass is 494 g/mol. The maximum Gasteiger partial charge on any atom is 0.418 e. The Labute approximate surface area is 206 Å². The number of nitrogens with one attached hydrogen (secondary N) is 1. The number of nitrogens with zero attached hydrogens (tertiary/aromatic N) is 3. The van der Waals surface area contributed by atoms with Crippen LogP contribution >= 0.6 is 0 Å². The molecule has 2 amide bonds. The van der Waals surface area contributed by atoms with Crippen molar-refractivity contribution in [2.45, 2.75) is 25.9 Å². The molecule has 36 heavy (non-hydrogen) atoms. The Bertz CT molecular complexity index is 1370. The Kier molecular flexibility index (Phi) is 7.38. The number of hydrogen-bond donors (Lipinski definition) is 1. The third-order valence-electron chi connectivity index (χ3n) is 5.78. The topological polar surface area (TPSA) is 67.2 Å². The van der Waals surface area contributed by atoms with Crippen molar-refractivity contribution >= 4 is 28.5 Å². The van der Waals surface area contributed by atoms with Crippen molar-refractivity contribution in [3.63, 3.8) is 0 Å². The van der Waals surface area contributed by atoms with Crippen molar-refractivity contribution in [1.29, 1.82) is 0 Å².